The predicted molar refractivity (Wildman–Crippen MR) is 95.9 cm³/mol. The molecule has 0 bridgehead atoms. The zero-order chi connectivity index (χ0) is 16.8. The van der Waals surface area contributed by atoms with E-state index in [0.29, 0.717) is 0 Å². The molecule has 0 aromatic heterocycles. The molecule has 2 aromatic rings. The van der Waals surface area contributed by atoms with Gasteiger partial charge in [-0.3, -0.25) is 4.79 Å². The van der Waals surface area contributed by atoms with Crippen LogP contribution in [0.1, 0.15) is 45.6 Å². The first kappa shape index (κ1) is 17.2. The summed E-state index contributed by atoms with van der Waals surface area (Å²) in [5.41, 5.74) is 5.45. The van der Waals surface area contributed by atoms with E-state index in [2.05, 4.69) is 42.7 Å². The van der Waals surface area contributed by atoms with E-state index in [4.69, 9.17) is 0 Å². The number of benzene rings is 2. The molecule has 3 nitrogen and oxygen atoms in total. The molecule has 0 aliphatic rings. The molecule has 2 rings (SSSR count). The Bertz CT molecular complexity index is 679. The maximum atomic E-state index is 12.7. The SMILES string of the molecule is CNCCc1ccccc1C(=O)NC(C)c1ccc(C)cc1C. The predicted octanol–water partition coefficient (Wildman–Crippen LogP) is 3.56. The van der Waals surface area contributed by atoms with Crippen molar-refractivity contribution < 1.29 is 4.79 Å². The van der Waals surface area contributed by atoms with Crippen LogP contribution in [-0.2, 0) is 6.42 Å². The maximum absolute atomic E-state index is 12.7. The topological polar surface area (TPSA) is 41.1 Å². The summed E-state index contributed by atoms with van der Waals surface area (Å²) in [6.07, 6.45) is 0.845. The van der Waals surface area contributed by atoms with Gasteiger partial charge in [-0.25, -0.2) is 0 Å². The van der Waals surface area contributed by atoms with Crippen LogP contribution >= 0.6 is 0 Å². The third-order valence-corrected chi connectivity index (χ3v) is 4.15. The summed E-state index contributed by atoms with van der Waals surface area (Å²) in [5.74, 6) is -0.0100. The van der Waals surface area contributed by atoms with E-state index >= 15 is 0 Å². The van der Waals surface area contributed by atoms with Gasteiger partial charge < -0.3 is 10.6 Å². The fourth-order valence-electron chi connectivity index (χ4n) is 2.88. The number of carbonyl (C=O) groups is 1. The molecule has 23 heavy (non-hydrogen) atoms. The molecule has 0 aliphatic carbocycles. The lowest BCUT2D eigenvalue weighted by Crippen LogP contribution is -2.28. The van der Waals surface area contributed by atoms with E-state index in [-0.39, 0.29) is 11.9 Å². The van der Waals surface area contributed by atoms with Crippen LogP contribution in [0.25, 0.3) is 0 Å². The van der Waals surface area contributed by atoms with E-state index in [1.165, 1.54) is 11.1 Å². The third-order valence-electron chi connectivity index (χ3n) is 4.15. The van der Waals surface area contributed by atoms with Crippen LogP contribution in [0, 0.1) is 13.8 Å². The van der Waals surface area contributed by atoms with Crippen LogP contribution in [0.5, 0.6) is 0 Å². The second-order valence-electron chi connectivity index (χ2n) is 6.07. The summed E-state index contributed by atoms with van der Waals surface area (Å²) in [7, 11) is 1.92. The first-order valence-corrected chi connectivity index (χ1v) is 8.13. The standard InChI is InChI=1S/C20H26N2O/c1-14-9-10-18(15(2)13-14)16(3)22-20(23)19-8-6-5-7-17(19)11-12-21-4/h5-10,13,16,21H,11-12H2,1-4H3,(H,22,23). The molecule has 0 radical (unpaired) electrons. The third kappa shape index (κ3) is 4.42. The van der Waals surface area contributed by atoms with Gasteiger partial charge in [0.1, 0.15) is 0 Å². The summed E-state index contributed by atoms with van der Waals surface area (Å²) in [5, 5.41) is 6.26. The van der Waals surface area contributed by atoms with Gasteiger partial charge in [0, 0.05) is 5.56 Å². The summed E-state index contributed by atoms with van der Waals surface area (Å²) in [4.78, 5) is 12.7. The minimum Gasteiger partial charge on any atom is -0.345 e. The molecule has 0 saturated heterocycles. The van der Waals surface area contributed by atoms with Crippen molar-refractivity contribution in [2.75, 3.05) is 13.6 Å². The summed E-state index contributed by atoms with van der Waals surface area (Å²) in [6, 6.07) is 14.1. The van der Waals surface area contributed by atoms with Gasteiger partial charge in [-0.05, 0) is 63.5 Å². The fourth-order valence-corrected chi connectivity index (χ4v) is 2.88. The highest BCUT2D eigenvalue weighted by atomic mass is 16.1. The zero-order valence-corrected chi connectivity index (χ0v) is 14.4. The molecule has 3 heteroatoms. The Balaban J connectivity index is 2.15. The van der Waals surface area contributed by atoms with Crippen molar-refractivity contribution in [3.63, 3.8) is 0 Å². The second-order valence-corrected chi connectivity index (χ2v) is 6.07. The first-order chi connectivity index (χ1) is 11.0. The number of likely N-dealkylation sites (N-methyl/N-ethyl adjacent to an activating group) is 1. The van der Waals surface area contributed by atoms with Gasteiger partial charge >= 0.3 is 0 Å². The van der Waals surface area contributed by atoms with Crippen LogP contribution in [0.2, 0.25) is 0 Å². The number of carbonyl (C=O) groups excluding carboxylic acids is 1. The highest BCUT2D eigenvalue weighted by Gasteiger charge is 2.15. The maximum Gasteiger partial charge on any atom is 0.252 e. The molecule has 2 aromatic carbocycles. The Morgan fingerprint density at radius 1 is 1.13 bits per heavy atom. The van der Waals surface area contributed by atoms with Crippen LogP contribution in [0.3, 0.4) is 0 Å². The van der Waals surface area contributed by atoms with Crippen molar-refractivity contribution in [1.82, 2.24) is 10.6 Å². The minimum atomic E-state index is -0.0135. The van der Waals surface area contributed by atoms with Gasteiger partial charge in [0.15, 0.2) is 0 Å². The van der Waals surface area contributed by atoms with E-state index < -0.39 is 0 Å². The zero-order valence-electron chi connectivity index (χ0n) is 14.4. The minimum absolute atomic E-state index is 0.0100. The highest BCUT2D eigenvalue weighted by molar-refractivity contribution is 5.95. The van der Waals surface area contributed by atoms with Crippen LogP contribution in [0.15, 0.2) is 42.5 Å². The van der Waals surface area contributed by atoms with Gasteiger partial charge in [-0.2, -0.15) is 0 Å². The van der Waals surface area contributed by atoms with Crippen LogP contribution < -0.4 is 10.6 Å². The Hall–Kier alpha value is -2.13. The van der Waals surface area contributed by atoms with Crippen molar-refractivity contribution in [3.8, 4) is 0 Å². The van der Waals surface area contributed by atoms with E-state index in [1.807, 2.05) is 38.2 Å². The normalized spacial score (nSPS) is 12.0. The molecule has 1 unspecified atom stereocenters. The van der Waals surface area contributed by atoms with Crippen molar-refractivity contribution in [1.29, 1.82) is 0 Å². The quantitative estimate of drug-likeness (QED) is 0.856. The number of nitrogens with one attached hydrogen (secondary N) is 2. The molecule has 2 N–H and O–H groups in total. The van der Waals surface area contributed by atoms with Crippen molar-refractivity contribution in [2.45, 2.75) is 33.2 Å². The molecule has 1 atom stereocenters. The summed E-state index contributed by atoms with van der Waals surface area (Å²) >= 11 is 0. The summed E-state index contributed by atoms with van der Waals surface area (Å²) in [6.45, 7) is 7.06. The molecule has 0 aliphatic heterocycles. The van der Waals surface area contributed by atoms with Crippen molar-refractivity contribution in [3.05, 3.63) is 70.3 Å². The summed E-state index contributed by atoms with van der Waals surface area (Å²) < 4.78 is 0. The number of hydrogen-bond acceptors (Lipinski definition) is 2. The monoisotopic (exact) mass is 310 g/mol. The van der Waals surface area contributed by atoms with Gasteiger partial charge in [-0.1, -0.05) is 42.0 Å². The lowest BCUT2D eigenvalue weighted by Gasteiger charge is -2.18. The number of amides is 1. The number of aryl methyl sites for hydroxylation is 2. The van der Waals surface area contributed by atoms with Gasteiger partial charge in [0.05, 0.1) is 6.04 Å². The lowest BCUT2D eigenvalue weighted by atomic mass is 9.99. The second kappa shape index (κ2) is 7.93. The average Bonchev–Trinajstić information content (AvgIpc) is 2.52. The molecule has 0 heterocycles. The van der Waals surface area contributed by atoms with E-state index in [9.17, 15) is 4.79 Å². The van der Waals surface area contributed by atoms with Gasteiger partial charge in [0.2, 0.25) is 0 Å². The Morgan fingerprint density at radius 3 is 2.57 bits per heavy atom. The highest BCUT2D eigenvalue weighted by Crippen LogP contribution is 2.19. The number of rotatable bonds is 6. The molecule has 122 valence electrons. The lowest BCUT2D eigenvalue weighted by molar-refractivity contribution is 0.0939. The van der Waals surface area contributed by atoms with Gasteiger partial charge in [0.25, 0.3) is 5.91 Å². The van der Waals surface area contributed by atoms with Crippen molar-refractivity contribution in [2.24, 2.45) is 0 Å². The molecule has 0 fully saturated rings. The molecular formula is C20H26N2O. The Labute approximate surface area is 139 Å². The smallest absolute Gasteiger partial charge is 0.252 e. The largest absolute Gasteiger partial charge is 0.345 e. The Morgan fingerprint density at radius 2 is 1.87 bits per heavy atom. The van der Waals surface area contributed by atoms with Crippen LogP contribution in [0.4, 0.5) is 0 Å². The van der Waals surface area contributed by atoms with E-state index in [1.54, 1.807) is 0 Å². The average molecular weight is 310 g/mol. The molecule has 0 saturated carbocycles. The molecule has 0 spiro atoms. The van der Waals surface area contributed by atoms with Gasteiger partial charge in [-0.15, -0.1) is 0 Å². The molecule has 1 amide bonds. The first-order valence-electron chi connectivity index (χ1n) is 8.13. The fraction of sp³-hybridized carbons (Fsp3) is 0.350. The molecular weight excluding hydrogens is 284 g/mol. The van der Waals surface area contributed by atoms with Crippen LogP contribution in [-0.4, -0.2) is 19.5 Å². The van der Waals surface area contributed by atoms with Crippen molar-refractivity contribution >= 4 is 5.91 Å². The number of hydrogen-bond donors (Lipinski definition) is 2. The Kier molecular flexibility index (Phi) is 5.94. The van der Waals surface area contributed by atoms with E-state index in [0.717, 1.165) is 29.7 Å².